The minimum absolute atomic E-state index is 0.255. The molecule has 2 nitrogen and oxygen atoms in total. The smallest absolute Gasteiger partial charge is 0.114 e. The molecular formula is C11H12O2. The summed E-state index contributed by atoms with van der Waals surface area (Å²) >= 11 is 0. The summed E-state index contributed by atoms with van der Waals surface area (Å²) < 4.78 is 10.7. The predicted octanol–water partition coefficient (Wildman–Crippen LogP) is 3.41. The van der Waals surface area contributed by atoms with E-state index in [1.54, 1.807) is 12.5 Å². The van der Waals surface area contributed by atoms with Gasteiger partial charge in [0.2, 0.25) is 0 Å². The average Bonchev–Trinajstić information content (AvgIpc) is 2.76. The van der Waals surface area contributed by atoms with E-state index in [0.29, 0.717) is 0 Å². The molecule has 0 atom stereocenters. The molecule has 0 aliphatic heterocycles. The lowest BCUT2D eigenvalue weighted by Gasteiger charge is -2.07. The maximum absolute atomic E-state index is 5.35. The van der Waals surface area contributed by atoms with Crippen molar-refractivity contribution in [3.05, 3.63) is 48.3 Å². The molecule has 0 aliphatic rings. The summed E-state index contributed by atoms with van der Waals surface area (Å²) in [5.41, 5.74) is 0. The summed E-state index contributed by atoms with van der Waals surface area (Å²) in [5, 5.41) is 0. The van der Waals surface area contributed by atoms with E-state index in [-0.39, 0.29) is 5.92 Å². The van der Waals surface area contributed by atoms with E-state index in [0.717, 1.165) is 17.9 Å². The molecule has 0 aromatic carbocycles. The molecular weight excluding hydrogens is 164 g/mol. The van der Waals surface area contributed by atoms with E-state index in [2.05, 4.69) is 6.92 Å². The first-order valence-corrected chi connectivity index (χ1v) is 4.48. The lowest BCUT2D eigenvalue weighted by atomic mass is 10.0. The molecule has 68 valence electrons. The van der Waals surface area contributed by atoms with E-state index in [1.165, 1.54) is 0 Å². The molecule has 2 aromatic heterocycles. The Labute approximate surface area is 77.2 Å². The second kappa shape index (κ2) is 3.52. The Morgan fingerprint density at radius 3 is 1.92 bits per heavy atom. The van der Waals surface area contributed by atoms with Crippen LogP contribution in [0.3, 0.4) is 0 Å². The van der Waals surface area contributed by atoms with Crippen LogP contribution < -0.4 is 0 Å². The fourth-order valence-corrected chi connectivity index (χ4v) is 1.52. The summed E-state index contributed by atoms with van der Waals surface area (Å²) in [4.78, 5) is 0. The zero-order chi connectivity index (χ0) is 9.10. The maximum atomic E-state index is 5.35. The van der Waals surface area contributed by atoms with E-state index in [1.807, 2.05) is 24.3 Å². The fourth-order valence-electron chi connectivity index (χ4n) is 1.52. The molecule has 0 radical (unpaired) electrons. The van der Waals surface area contributed by atoms with Crippen molar-refractivity contribution < 1.29 is 8.83 Å². The van der Waals surface area contributed by atoms with Crippen LogP contribution in [0.15, 0.2) is 45.6 Å². The van der Waals surface area contributed by atoms with Crippen molar-refractivity contribution >= 4 is 0 Å². The minimum atomic E-state index is 0.255. The molecule has 0 amide bonds. The third-order valence-electron chi connectivity index (χ3n) is 2.18. The van der Waals surface area contributed by atoms with Gasteiger partial charge in [-0.25, -0.2) is 0 Å². The standard InChI is InChI=1S/C11H12O2/c1-2-9(10-5-3-7-12-10)11-6-4-8-13-11/h3-9H,2H2,1H3. The lowest BCUT2D eigenvalue weighted by molar-refractivity contribution is 0.421. The van der Waals surface area contributed by atoms with Crippen molar-refractivity contribution in [2.75, 3.05) is 0 Å². The van der Waals surface area contributed by atoms with Crippen molar-refractivity contribution in [2.45, 2.75) is 19.3 Å². The van der Waals surface area contributed by atoms with Gasteiger partial charge in [-0.3, -0.25) is 0 Å². The van der Waals surface area contributed by atoms with Crippen LogP contribution in [0, 0.1) is 0 Å². The Morgan fingerprint density at radius 2 is 1.62 bits per heavy atom. The highest BCUT2D eigenvalue weighted by molar-refractivity contribution is 5.18. The molecule has 0 saturated carbocycles. The minimum Gasteiger partial charge on any atom is -0.469 e. The van der Waals surface area contributed by atoms with Gasteiger partial charge in [-0.2, -0.15) is 0 Å². The molecule has 0 fully saturated rings. The molecule has 0 unspecified atom stereocenters. The highest BCUT2D eigenvalue weighted by Crippen LogP contribution is 2.27. The zero-order valence-electron chi connectivity index (χ0n) is 7.57. The molecule has 0 aliphatic carbocycles. The number of furan rings is 2. The van der Waals surface area contributed by atoms with Gasteiger partial charge in [0.05, 0.1) is 18.4 Å². The monoisotopic (exact) mass is 176 g/mol. The Kier molecular flexibility index (Phi) is 2.21. The van der Waals surface area contributed by atoms with Gasteiger partial charge in [-0.05, 0) is 30.7 Å². The van der Waals surface area contributed by atoms with E-state index in [9.17, 15) is 0 Å². The first kappa shape index (κ1) is 8.17. The van der Waals surface area contributed by atoms with Crippen LogP contribution in [0.2, 0.25) is 0 Å². The number of hydrogen-bond donors (Lipinski definition) is 0. The topological polar surface area (TPSA) is 26.3 Å². The second-order valence-corrected chi connectivity index (χ2v) is 2.99. The van der Waals surface area contributed by atoms with Gasteiger partial charge < -0.3 is 8.83 Å². The number of hydrogen-bond acceptors (Lipinski definition) is 2. The van der Waals surface area contributed by atoms with Crippen molar-refractivity contribution in [1.29, 1.82) is 0 Å². The first-order valence-electron chi connectivity index (χ1n) is 4.48. The predicted molar refractivity (Wildman–Crippen MR) is 49.6 cm³/mol. The normalized spacial score (nSPS) is 10.9. The third kappa shape index (κ3) is 1.52. The fraction of sp³-hybridized carbons (Fsp3) is 0.273. The Morgan fingerprint density at radius 1 is 1.08 bits per heavy atom. The SMILES string of the molecule is CCC(c1ccco1)c1ccco1. The van der Waals surface area contributed by atoms with Crippen molar-refractivity contribution in [3.63, 3.8) is 0 Å². The summed E-state index contributed by atoms with van der Waals surface area (Å²) in [6.07, 6.45) is 4.38. The highest BCUT2D eigenvalue weighted by Gasteiger charge is 2.16. The summed E-state index contributed by atoms with van der Waals surface area (Å²) in [7, 11) is 0. The quantitative estimate of drug-likeness (QED) is 0.716. The number of rotatable bonds is 3. The van der Waals surface area contributed by atoms with Crippen LogP contribution in [0.1, 0.15) is 30.8 Å². The van der Waals surface area contributed by atoms with Gasteiger partial charge in [0, 0.05) is 0 Å². The Balaban J connectivity index is 2.29. The average molecular weight is 176 g/mol. The van der Waals surface area contributed by atoms with Crippen LogP contribution in [-0.2, 0) is 0 Å². The molecule has 2 heteroatoms. The molecule has 13 heavy (non-hydrogen) atoms. The van der Waals surface area contributed by atoms with E-state index < -0.39 is 0 Å². The largest absolute Gasteiger partial charge is 0.469 e. The lowest BCUT2D eigenvalue weighted by Crippen LogP contribution is -1.95. The van der Waals surface area contributed by atoms with Gasteiger partial charge in [-0.1, -0.05) is 6.92 Å². The van der Waals surface area contributed by atoms with Gasteiger partial charge in [0.1, 0.15) is 11.5 Å². The van der Waals surface area contributed by atoms with E-state index >= 15 is 0 Å². The highest BCUT2D eigenvalue weighted by atomic mass is 16.3. The first-order chi connectivity index (χ1) is 6.42. The summed E-state index contributed by atoms with van der Waals surface area (Å²) in [6, 6.07) is 7.77. The van der Waals surface area contributed by atoms with Crippen molar-refractivity contribution in [2.24, 2.45) is 0 Å². The molecule has 0 spiro atoms. The maximum Gasteiger partial charge on any atom is 0.114 e. The van der Waals surface area contributed by atoms with Gasteiger partial charge >= 0.3 is 0 Å². The molecule has 0 N–H and O–H groups in total. The summed E-state index contributed by atoms with van der Waals surface area (Å²) in [6.45, 7) is 2.12. The van der Waals surface area contributed by atoms with Gasteiger partial charge in [0.15, 0.2) is 0 Å². The van der Waals surface area contributed by atoms with Crippen LogP contribution in [0.4, 0.5) is 0 Å². The molecule has 0 saturated heterocycles. The Hall–Kier alpha value is -1.44. The van der Waals surface area contributed by atoms with Crippen LogP contribution in [-0.4, -0.2) is 0 Å². The molecule has 2 rings (SSSR count). The van der Waals surface area contributed by atoms with Crippen LogP contribution >= 0.6 is 0 Å². The van der Waals surface area contributed by atoms with Gasteiger partial charge in [-0.15, -0.1) is 0 Å². The van der Waals surface area contributed by atoms with Crippen LogP contribution in [0.5, 0.6) is 0 Å². The third-order valence-corrected chi connectivity index (χ3v) is 2.18. The Bertz CT molecular complexity index is 298. The summed E-state index contributed by atoms with van der Waals surface area (Å²) in [5.74, 6) is 2.19. The molecule has 0 bridgehead atoms. The molecule has 2 aromatic rings. The zero-order valence-corrected chi connectivity index (χ0v) is 7.57. The van der Waals surface area contributed by atoms with Crippen LogP contribution in [0.25, 0.3) is 0 Å². The van der Waals surface area contributed by atoms with Gasteiger partial charge in [0.25, 0.3) is 0 Å². The van der Waals surface area contributed by atoms with Crippen molar-refractivity contribution in [1.82, 2.24) is 0 Å². The second-order valence-electron chi connectivity index (χ2n) is 2.99. The van der Waals surface area contributed by atoms with Crippen molar-refractivity contribution in [3.8, 4) is 0 Å². The van der Waals surface area contributed by atoms with E-state index in [4.69, 9.17) is 8.83 Å². The molecule has 2 heterocycles.